The summed E-state index contributed by atoms with van der Waals surface area (Å²) in [5.74, 6) is 2.14. The summed E-state index contributed by atoms with van der Waals surface area (Å²) in [5.41, 5.74) is 0.912. The van der Waals surface area contributed by atoms with Gasteiger partial charge in [-0.1, -0.05) is 13.0 Å². The number of rotatable bonds is 8. The summed E-state index contributed by atoms with van der Waals surface area (Å²) in [5, 5.41) is 3.11. The molecule has 1 saturated carbocycles. The zero-order chi connectivity index (χ0) is 20.5. The van der Waals surface area contributed by atoms with E-state index in [1.807, 2.05) is 24.3 Å². The molecule has 30 heavy (non-hydrogen) atoms. The van der Waals surface area contributed by atoms with E-state index in [0.717, 1.165) is 62.9 Å². The minimum absolute atomic E-state index is 0. The molecule has 2 aliphatic rings. The first-order valence-corrected chi connectivity index (χ1v) is 10.7. The summed E-state index contributed by atoms with van der Waals surface area (Å²) < 4.78 is 16.7. The van der Waals surface area contributed by atoms with Crippen LogP contribution in [0.25, 0.3) is 6.08 Å². The molecule has 1 saturated heterocycles. The van der Waals surface area contributed by atoms with Gasteiger partial charge in [0.25, 0.3) is 0 Å². The lowest BCUT2D eigenvalue weighted by atomic mass is 9.87. The first kappa shape index (κ1) is 24.5. The SMILES string of the molecule is COc1cc(C=CC(=O)N[C@H]2CC[C@H](C)CC2)ccc1OCCN1CCOCC1.Cl. The Kier molecular flexibility index (Phi) is 10.5. The lowest BCUT2D eigenvalue weighted by molar-refractivity contribution is -0.117. The van der Waals surface area contributed by atoms with Gasteiger partial charge in [-0.3, -0.25) is 9.69 Å². The van der Waals surface area contributed by atoms with E-state index in [1.54, 1.807) is 13.2 Å². The zero-order valence-corrected chi connectivity index (χ0v) is 18.9. The molecule has 1 heterocycles. The number of carbonyl (C=O) groups is 1. The standard InChI is InChI=1S/C23H34N2O4.ClH/c1-18-3-7-20(8-4-18)24-23(26)10-6-19-5-9-21(22(17-19)27-2)29-16-13-25-11-14-28-15-12-25;/h5-6,9-10,17-18,20H,3-4,7-8,11-16H2,1-2H3,(H,24,26);1H/t18-,20-;. The molecule has 1 aromatic rings. The molecule has 1 amide bonds. The third kappa shape index (κ3) is 7.82. The third-order valence-electron chi connectivity index (χ3n) is 5.75. The molecule has 0 radical (unpaired) electrons. The molecule has 0 atom stereocenters. The normalized spacial score (nSPS) is 22.3. The molecule has 0 unspecified atom stereocenters. The van der Waals surface area contributed by atoms with Gasteiger partial charge < -0.3 is 19.5 Å². The van der Waals surface area contributed by atoms with Crippen molar-refractivity contribution < 1.29 is 19.0 Å². The van der Waals surface area contributed by atoms with Crippen molar-refractivity contribution in [2.24, 2.45) is 5.92 Å². The summed E-state index contributed by atoms with van der Waals surface area (Å²) in [6, 6.07) is 6.05. The summed E-state index contributed by atoms with van der Waals surface area (Å²) in [6.07, 6.45) is 7.96. The summed E-state index contributed by atoms with van der Waals surface area (Å²) in [4.78, 5) is 14.5. The van der Waals surface area contributed by atoms with E-state index in [2.05, 4.69) is 17.1 Å². The number of halogens is 1. The van der Waals surface area contributed by atoms with Gasteiger partial charge in [0.2, 0.25) is 5.91 Å². The predicted molar refractivity (Wildman–Crippen MR) is 122 cm³/mol. The maximum absolute atomic E-state index is 12.2. The highest BCUT2D eigenvalue weighted by Gasteiger charge is 2.18. The molecule has 1 N–H and O–H groups in total. The Morgan fingerprint density at radius 3 is 2.63 bits per heavy atom. The summed E-state index contributed by atoms with van der Waals surface area (Å²) in [6.45, 7) is 7.23. The molecule has 2 fully saturated rings. The van der Waals surface area contributed by atoms with Gasteiger partial charge in [-0.05, 0) is 55.4 Å². The predicted octanol–water partition coefficient (Wildman–Crippen LogP) is 3.54. The van der Waals surface area contributed by atoms with Crippen LogP contribution in [-0.2, 0) is 9.53 Å². The highest BCUT2D eigenvalue weighted by atomic mass is 35.5. The second-order valence-corrected chi connectivity index (χ2v) is 8.01. The number of hydrogen-bond donors (Lipinski definition) is 1. The molecule has 3 rings (SSSR count). The van der Waals surface area contributed by atoms with E-state index in [4.69, 9.17) is 14.2 Å². The van der Waals surface area contributed by atoms with E-state index >= 15 is 0 Å². The van der Waals surface area contributed by atoms with Crippen molar-refractivity contribution in [3.8, 4) is 11.5 Å². The van der Waals surface area contributed by atoms with Crippen LogP contribution in [0.5, 0.6) is 11.5 Å². The fourth-order valence-electron chi connectivity index (χ4n) is 3.84. The van der Waals surface area contributed by atoms with Crippen LogP contribution in [-0.4, -0.2) is 63.4 Å². The first-order valence-electron chi connectivity index (χ1n) is 10.7. The van der Waals surface area contributed by atoms with Crippen LogP contribution in [0.4, 0.5) is 0 Å². The van der Waals surface area contributed by atoms with Crippen molar-refractivity contribution in [2.45, 2.75) is 38.6 Å². The number of ether oxygens (including phenoxy) is 3. The van der Waals surface area contributed by atoms with Crippen LogP contribution in [0.1, 0.15) is 38.2 Å². The van der Waals surface area contributed by atoms with Crippen molar-refractivity contribution in [1.29, 1.82) is 0 Å². The van der Waals surface area contributed by atoms with Crippen LogP contribution in [0, 0.1) is 5.92 Å². The van der Waals surface area contributed by atoms with E-state index in [0.29, 0.717) is 18.4 Å². The average Bonchev–Trinajstić information content (AvgIpc) is 2.75. The van der Waals surface area contributed by atoms with Gasteiger partial charge in [-0.25, -0.2) is 0 Å². The lowest BCUT2D eigenvalue weighted by Crippen LogP contribution is -2.38. The monoisotopic (exact) mass is 438 g/mol. The second-order valence-electron chi connectivity index (χ2n) is 8.01. The summed E-state index contributed by atoms with van der Waals surface area (Å²) >= 11 is 0. The Bertz CT molecular complexity index is 684. The van der Waals surface area contributed by atoms with Gasteiger partial charge in [0.15, 0.2) is 11.5 Å². The number of morpholine rings is 1. The number of benzene rings is 1. The molecule has 0 bridgehead atoms. The molecular formula is C23H35ClN2O4. The number of methoxy groups -OCH3 is 1. The van der Waals surface area contributed by atoms with Crippen LogP contribution < -0.4 is 14.8 Å². The Morgan fingerprint density at radius 1 is 1.20 bits per heavy atom. The fraction of sp³-hybridized carbons (Fsp3) is 0.609. The Labute approximate surface area is 186 Å². The topological polar surface area (TPSA) is 60.0 Å². The van der Waals surface area contributed by atoms with Gasteiger partial charge in [0.1, 0.15) is 6.61 Å². The summed E-state index contributed by atoms with van der Waals surface area (Å²) in [7, 11) is 1.63. The van der Waals surface area contributed by atoms with E-state index in [-0.39, 0.29) is 18.3 Å². The second kappa shape index (κ2) is 12.8. The van der Waals surface area contributed by atoms with Crippen molar-refractivity contribution in [3.63, 3.8) is 0 Å². The van der Waals surface area contributed by atoms with Gasteiger partial charge in [-0.2, -0.15) is 0 Å². The molecule has 0 spiro atoms. The molecule has 1 aromatic carbocycles. The van der Waals surface area contributed by atoms with Crippen molar-refractivity contribution in [2.75, 3.05) is 46.6 Å². The minimum Gasteiger partial charge on any atom is -0.493 e. The van der Waals surface area contributed by atoms with E-state index < -0.39 is 0 Å². The Morgan fingerprint density at radius 2 is 1.93 bits per heavy atom. The average molecular weight is 439 g/mol. The third-order valence-corrected chi connectivity index (χ3v) is 5.75. The Balaban J connectivity index is 0.00000320. The maximum Gasteiger partial charge on any atom is 0.244 e. The largest absolute Gasteiger partial charge is 0.493 e. The molecule has 7 heteroatoms. The Hall–Kier alpha value is -1.76. The lowest BCUT2D eigenvalue weighted by Gasteiger charge is -2.26. The molecular weight excluding hydrogens is 404 g/mol. The molecule has 6 nitrogen and oxygen atoms in total. The zero-order valence-electron chi connectivity index (χ0n) is 18.1. The molecule has 1 aliphatic heterocycles. The van der Waals surface area contributed by atoms with Crippen molar-refractivity contribution >= 4 is 24.4 Å². The van der Waals surface area contributed by atoms with Gasteiger partial charge in [0, 0.05) is 31.8 Å². The quantitative estimate of drug-likeness (QED) is 0.629. The number of hydrogen-bond acceptors (Lipinski definition) is 5. The van der Waals surface area contributed by atoms with Crippen LogP contribution in [0.3, 0.4) is 0 Å². The number of nitrogens with one attached hydrogen (secondary N) is 1. The molecule has 0 aromatic heterocycles. The fourth-order valence-corrected chi connectivity index (χ4v) is 3.84. The van der Waals surface area contributed by atoms with E-state index in [1.165, 1.54) is 12.8 Å². The highest BCUT2D eigenvalue weighted by Crippen LogP contribution is 2.28. The van der Waals surface area contributed by atoms with Crippen LogP contribution >= 0.6 is 12.4 Å². The molecule has 1 aliphatic carbocycles. The van der Waals surface area contributed by atoms with Crippen molar-refractivity contribution in [1.82, 2.24) is 10.2 Å². The first-order chi connectivity index (χ1) is 14.1. The van der Waals surface area contributed by atoms with Crippen LogP contribution in [0.2, 0.25) is 0 Å². The van der Waals surface area contributed by atoms with Gasteiger partial charge in [-0.15, -0.1) is 12.4 Å². The number of carbonyl (C=O) groups excluding carboxylic acids is 1. The number of amides is 1. The van der Waals surface area contributed by atoms with E-state index in [9.17, 15) is 4.79 Å². The van der Waals surface area contributed by atoms with Crippen LogP contribution in [0.15, 0.2) is 24.3 Å². The van der Waals surface area contributed by atoms with Crippen molar-refractivity contribution in [3.05, 3.63) is 29.8 Å². The highest BCUT2D eigenvalue weighted by molar-refractivity contribution is 5.92. The smallest absolute Gasteiger partial charge is 0.244 e. The maximum atomic E-state index is 12.2. The minimum atomic E-state index is -0.0330. The molecule has 168 valence electrons. The number of nitrogens with zero attached hydrogens (tertiary/aromatic N) is 1. The van der Waals surface area contributed by atoms with Gasteiger partial charge in [0.05, 0.1) is 20.3 Å². The van der Waals surface area contributed by atoms with Gasteiger partial charge >= 0.3 is 0 Å².